The Labute approximate surface area is 98.4 Å². The van der Waals surface area contributed by atoms with Crippen LogP contribution in [0.3, 0.4) is 0 Å². The van der Waals surface area contributed by atoms with E-state index < -0.39 is 18.0 Å². The maximum atomic E-state index is 10.8. The van der Waals surface area contributed by atoms with Crippen molar-refractivity contribution >= 4 is 12.0 Å². The van der Waals surface area contributed by atoms with Gasteiger partial charge in [0, 0.05) is 12.4 Å². The third-order valence-corrected chi connectivity index (χ3v) is 2.21. The first-order valence-corrected chi connectivity index (χ1v) is 4.92. The van der Waals surface area contributed by atoms with Crippen LogP contribution in [0.2, 0.25) is 0 Å². The van der Waals surface area contributed by atoms with Gasteiger partial charge in [-0.25, -0.2) is 4.79 Å². The molecule has 0 bridgehead atoms. The zero-order valence-corrected chi connectivity index (χ0v) is 9.30. The zero-order valence-electron chi connectivity index (χ0n) is 9.30. The molecule has 0 aromatic heterocycles. The Hall–Kier alpha value is -2.24. The highest BCUT2D eigenvalue weighted by Gasteiger charge is 2.13. The van der Waals surface area contributed by atoms with E-state index in [1.165, 1.54) is 7.11 Å². The molecular weight excluding hydrogens is 224 g/mol. The molecule has 6 heteroatoms. The van der Waals surface area contributed by atoms with Gasteiger partial charge in [0.05, 0.1) is 13.2 Å². The first-order chi connectivity index (χ1) is 8.02. The summed E-state index contributed by atoms with van der Waals surface area (Å²) in [5.41, 5.74) is 5.59. The minimum atomic E-state index is -1.26. The van der Waals surface area contributed by atoms with Crippen LogP contribution in [0, 0.1) is 0 Å². The second-order valence-electron chi connectivity index (χ2n) is 3.41. The molecule has 0 aliphatic heterocycles. The van der Waals surface area contributed by atoms with Crippen molar-refractivity contribution in [1.82, 2.24) is 5.32 Å². The molecule has 1 rings (SSSR count). The molecule has 17 heavy (non-hydrogen) atoms. The molecule has 0 aliphatic rings. The van der Waals surface area contributed by atoms with Crippen molar-refractivity contribution in [1.29, 1.82) is 0 Å². The minimum Gasteiger partial charge on any atom is -0.550 e. The van der Waals surface area contributed by atoms with E-state index in [2.05, 4.69) is 5.32 Å². The van der Waals surface area contributed by atoms with Gasteiger partial charge in [0.2, 0.25) is 0 Å². The molecular formula is C11H13N2O4-. The highest BCUT2D eigenvalue weighted by Crippen LogP contribution is 2.19. The van der Waals surface area contributed by atoms with Crippen molar-refractivity contribution in [3.63, 3.8) is 0 Å². The van der Waals surface area contributed by atoms with Crippen LogP contribution in [-0.2, 0) is 4.79 Å². The van der Waals surface area contributed by atoms with E-state index in [0.717, 1.165) is 0 Å². The number of urea groups is 1. The van der Waals surface area contributed by atoms with Crippen molar-refractivity contribution < 1.29 is 19.4 Å². The van der Waals surface area contributed by atoms with Crippen molar-refractivity contribution in [2.24, 2.45) is 5.73 Å². The van der Waals surface area contributed by atoms with Gasteiger partial charge in [-0.2, -0.15) is 0 Å². The summed E-state index contributed by atoms with van der Waals surface area (Å²) >= 11 is 0. The van der Waals surface area contributed by atoms with Crippen molar-refractivity contribution in [3.05, 3.63) is 29.8 Å². The SMILES string of the molecule is COc1ccc([C@H](CC(=O)[O-])NC(N)=O)cc1. The van der Waals surface area contributed by atoms with E-state index >= 15 is 0 Å². The van der Waals surface area contributed by atoms with Gasteiger partial charge >= 0.3 is 6.03 Å². The Morgan fingerprint density at radius 1 is 1.41 bits per heavy atom. The van der Waals surface area contributed by atoms with Crippen LogP contribution in [-0.4, -0.2) is 19.1 Å². The number of hydrogen-bond donors (Lipinski definition) is 2. The normalized spacial score (nSPS) is 11.6. The summed E-state index contributed by atoms with van der Waals surface area (Å²) in [4.78, 5) is 21.3. The third-order valence-electron chi connectivity index (χ3n) is 2.21. The van der Waals surface area contributed by atoms with E-state index in [4.69, 9.17) is 10.5 Å². The van der Waals surface area contributed by atoms with E-state index in [1.807, 2.05) is 0 Å². The van der Waals surface area contributed by atoms with Crippen molar-refractivity contribution in [2.45, 2.75) is 12.5 Å². The van der Waals surface area contributed by atoms with Gasteiger partial charge in [0.15, 0.2) is 0 Å². The Morgan fingerprint density at radius 3 is 2.41 bits per heavy atom. The molecule has 6 nitrogen and oxygen atoms in total. The monoisotopic (exact) mass is 237 g/mol. The summed E-state index contributed by atoms with van der Waals surface area (Å²) in [7, 11) is 1.52. The smallest absolute Gasteiger partial charge is 0.312 e. The lowest BCUT2D eigenvalue weighted by Gasteiger charge is -2.18. The molecule has 1 atom stereocenters. The van der Waals surface area contributed by atoms with Crippen LogP contribution in [0.25, 0.3) is 0 Å². The number of carboxylic acid groups (broad SMARTS) is 1. The quantitative estimate of drug-likeness (QED) is 0.723. The maximum absolute atomic E-state index is 10.8. The number of nitrogens with two attached hydrogens (primary N) is 1. The number of rotatable bonds is 5. The fraction of sp³-hybridized carbons (Fsp3) is 0.273. The number of benzene rings is 1. The van der Waals surface area contributed by atoms with Gasteiger partial charge in [-0.15, -0.1) is 0 Å². The van der Waals surface area contributed by atoms with Gasteiger partial charge in [-0.1, -0.05) is 12.1 Å². The molecule has 0 saturated heterocycles. The first kappa shape index (κ1) is 12.8. The Bertz CT molecular complexity index is 386. The molecule has 92 valence electrons. The van der Waals surface area contributed by atoms with Crippen LogP contribution in [0.1, 0.15) is 18.0 Å². The van der Waals surface area contributed by atoms with E-state index in [1.54, 1.807) is 24.3 Å². The fourth-order valence-electron chi connectivity index (χ4n) is 1.43. The third kappa shape index (κ3) is 4.02. The summed E-state index contributed by atoms with van der Waals surface area (Å²) in [5, 5.41) is 12.9. The molecule has 0 heterocycles. The summed E-state index contributed by atoms with van der Waals surface area (Å²) in [6.07, 6.45) is -0.338. The molecule has 1 aromatic carbocycles. The van der Waals surface area contributed by atoms with Gasteiger partial charge in [0.1, 0.15) is 5.75 Å². The van der Waals surface area contributed by atoms with Crippen LogP contribution in [0.4, 0.5) is 4.79 Å². The molecule has 0 aliphatic carbocycles. The predicted molar refractivity (Wildman–Crippen MR) is 58.1 cm³/mol. The first-order valence-electron chi connectivity index (χ1n) is 4.92. The summed E-state index contributed by atoms with van der Waals surface area (Å²) in [6.45, 7) is 0. The lowest BCUT2D eigenvalue weighted by molar-refractivity contribution is -0.306. The number of primary amides is 1. The molecule has 0 unspecified atom stereocenters. The standard InChI is InChI=1S/C11H14N2O4/c1-17-8-4-2-7(3-5-8)9(6-10(14)15)13-11(12)16/h2-5,9H,6H2,1H3,(H,14,15)(H3,12,13,16)/p-1/t9-/m0/s1. The number of aliphatic carboxylic acids is 1. The summed E-state index contributed by atoms with van der Waals surface area (Å²) in [5.74, 6) is -0.625. The van der Waals surface area contributed by atoms with E-state index in [0.29, 0.717) is 11.3 Å². The molecule has 0 radical (unpaired) electrons. The Balaban J connectivity index is 2.86. The second-order valence-corrected chi connectivity index (χ2v) is 3.41. The number of amides is 2. The molecule has 1 aromatic rings. The van der Waals surface area contributed by atoms with E-state index in [-0.39, 0.29) is 6.42 Å². The average molecular weight is 237 g/mol. The number of methoxy groups -OCH3 is 1. The average Bonchev–Trinajstić information content (AvgIpc) is 2.27. The van der Waals surface area contributed by atoms with Gasteiger partial charge in [-0.05, 0) is 17.7 Å². The molecule has 0 saturated carbocycles. The predicted octanol–water partition coefficient (Wildman–Crippen LogP) is -0.455. The van der Waals surface area contributed by atoms with Crippen LogP contribution < -0.4 is 20.9 Å². The molecule has 2 amide bonds. The molecule has 0 spiro atoms. The van der Waals surface area contributed by atoms with E-state index in [9.17, 15) is 14.7 Å². The largest absolute Gasteiger partial charge is 0.550 e. The molecule has 0 fully saturated rings. The number of ether oxygens (including phenoxy) is 1. The topological polar surface area (TPSA) is 104 Å². The highest BCUT2D eigenvalue weighted by atomic mass is 16.5. The van der Waals surface area contributed by atoms with Crippen molar-refractivity contribution in [2.75, 3.05) is 7.11 Å². The number of carbonyl (C=O) groups is 2. The van der Waals surface area contributed by atoms with Crippen LogP contribution >= 0.6 is 0 Å². The summed E-state index contributed by atoms with van der Waals surface area (Å²) in [6, 6.07) is 5.15. The Kier molecular flexibility index (Phi) is 4.33. The summed E-state index contributed by atoms with van der Waals surface area (Å²) < 4.78 is 4.97. The Morgan fingerprint density at radius 2 is 2.00 bits per heavy atom. The second kappa shape index (κ2) is 5.74. The fourth-order valence-corrected chi connectivity index (χ4v) is 1.43. The molecule has 3 N–H and O–H groups in total. The number of carbonyl (C=O) groups excluding carboxylic acids is 2. The number of hydrogen-bond acceptors (Lipinski definition) is 4. The maximum Gasteiger partial charge on any atom is 0.312 e. The lowest BCUT2D eigenvalue weighted by Crippen LogP contribution is -2.37. The van der Waals surface area contributed by atoms with Gasteiger partial charge < -0.3 is 25.7 Å². The zero-order chi connectivity index (χ0) is 12.8. The number of nitrogens with one attached hydrogen (secondary N) is 1. The lowest BCUT2D eigenvalue weighted by atomic mass is 10.0. The van der Waals surface area contributed by atoms with Crippen molar-refractivity contribution in [3.8, 4) is 5.75 Å². The highest BCUT2D eigenvalue weighted by molar-refractivity contribution is 5.74. The van der Waals surface area contributed by atoms with Crippen LogP contribution in [0.15, 0.2) is 24.3 Å². The number of carboxylic acids is 1. The minimum absolute atomic E-state index is 0.338. The van der Waals surface area contributed by atoms with Crippen LogP contribution in [0.5, 0.6) is 5.75 Å². The van der Waals surface area contributed by atoms with Gasteiger partial charge in [-0.3, -0.25) is 0 Å². The van der Waals surface area contributed by atoms with Gasteiger partial charge in [0.25, 0.3) is 0 Å².